The Balaban J connectivity index is 1.65. The second kappa shape index (κ2) is 8.03. The largest absolute Gasteiger partial charge is 0.478 e. The molecule has 2 aliphatic rings. The van der Waals surface area contributed by atoms with Crippen LogP contribution in [-0.4, -0.2) is 29.1 Å². The summed E-state index contributed by atoms with van der Waals surface area (Å²) in [6.07, 6.45) is 4.00. The van der Waals surface area contributed by atoms with Gasteiger partial charge in [-0.25, -0.2) is 9.78 Å². The Morgan fingerprint density at radius 3 is 2.64 bits per heavy atom. The standard InChI is InChI=1S/C29H23N3O3S/c30-27-24(28-31-21-11-3-4-12-22(21)36-28)23(17-8-1-2-9-18(17)29(33)34)20-15-16-7-5-13-32-14-6-10-19(25(16)32)26(20)35-27/h1-4,8-9,11-12,15,30H,5-7,10,13-14H2,(H,33,34). The molecule has 0 amide bonds. The molecule has 6 nitrogen and oxygen atoms in total. The van der Waals surface area contributed by atoms with Gasteiger partial charge in [0.05, 0.1) is 21.3 Å². The Bertz CT molecular complexity index is 1730. The van der Waals surface area contributed by atoms with Crippen molar-refractivity contribution in [3.05, 3.63) is 76.8 Å². The van der Waals surface area contributed by atoms with E-state index >= 15 is 0 Å². The Hall–Kier alpha value is -3.97. The van der Waals surface area contributed by atoms with Gasteiger partial charge in [0.1, 0.15) is 10.6 Å². The minimum atomic E-state index is -0.994. The summed E-state index contributed by atoms with van der Waals surface area (Å²) >= 11 is 1.50. The number of fused-ring (bicyclic) bond motifs is 3. The average molecular weight is 494 g/mol. The SMILES string of the molecule is N=c1oc2c3c4c(cc2c(-c2ccccc2C(=O)O)c1-c1nc2ccccc2s1)CCCN4CCC3. The van der Waals surface area contributed by atoms with Crippen molar-refractivity contribution < 1.29 is 14.3 Å². The number of carboxylic acid groups (broad SMARTS) is 1. The molecule has 2 aliphatic heterocycles. The number of nitrogens with zero attached hydrogens (tertiary/aromatic N) is 2. The van der Waals surface area contributed by atoms with Crippen LogP contribution >= 0.6 is 11.3 Å². The summed E-state index contributed by atoms with van der Waals surface area (Å²) in [5, 5.41) is 20.7. The molecule has 4 heterocycles. The summed E-state index contributed by atoms with van der Waals surface area (Å²) in [5.41, 5.74) is 7.31. The highest BCUT2D eigenvalue weighted by atomic mass is 32.1. The average Bonchev–Trinajstić information content (AvgIpc) is 3.32. The third-order valence-corrected chi connectivity index (χ3v) is 8.41. The van der Waals surface area contributed by atoms with E-state index in [1.54, 1.807) is 12.1 Å². The smallest absolute Gasteiger partial charge is 0.336 e. The van der Waals surface area contributed by atoms with Crippen molar-refractivity contribution in [3.8, 4) is 21.7 Å². The summed E-state index contributed by atoms with van der Waals surface area (Å²) in [4.78, 5) is 19.6. The highest BCUT2D eigenvalue weighted by molar-refractivity contribution is 7.21. The lowest BCUT2D eigenvalue weighted by atomic mass is 9.86. The summed E-state index contributed by atoms with van der Waals surface area (Å²) in [5.74, 6) is -0.994. The zero-order chi connectivity index (χ0) is 24.4. The van der Waals surface area contributed by atoms with E-state index in [0.717, 1.165) is 65.5 Å². The number of hydrogen-bond acceptors (Lipinski definition) is 6. The number of nitrogens with one attached hydrogen (secondary N) is 1. The fourth-order valence-corrected chi connectivity index (χ4v) is 6.90. The maximum atomic E-state index is 12.3. The molecule has 178 valence electrons. The number of benzene rings is 3. The summed E-state index contributed by atoms with van der Waals surface area (Å²) in [7, 11) is 0. The van der Waals surface area contributed by atoms with Crippen LogP contribution in [0.5, 0.6) is 0 Å². The number of carboxylic acids is 1. The summed E-state index contributed by atoms with van der Waals surface area (Å²) < 4.78 is 7.35. The maximum Gasteiger partial charge on any atom is 0.336 e. The molecule has 0 unspecified atom stereocenters. The summed E-state index contributed by atoms with van der Waals surface area (Å²) in [6.45, 7) is 2.08. The van der Waals surface area contributed by atoms with Crippen LogP contribution in [0.1, 0.15) is 34.3 Å². The van der Waals surface area contributed by atoms with E-state index in [2.05, 4.69) is 11.0 Å². The van der Waals surface area contributed by atoms with Crippen molar-refractivity contribution in [2.75, 3.05) is 18.0 Å². The van der Waals surface area contributed by atoms with Crippen LogP contribution in [0.4, 0.5) is 5.69 Å². The number of aromatic nitrogens is 1. The van der Waals surface area contributed by atoms with Crippen LogP contribution in [-0.2, 0) is 12.8 Å². The van der Waals surface area contributed by atoms with E-state index in [4.69, 9.17) is 14.8 Å². The maximum absolute atomic E-state index is 12.3. The first-order valence-corrected chi connectivity index (χ1v) is 13.1. The molecule has 0 radical (unpaired) electrons. The predicted octanol–water partition coefficient (Wildman–Crippen LogP) is 6.25. The number of aryl methyl sites for hydroxylation is 2. The van der Waals surface area contributed by atoms with Gasteiger partial charge >= 0.3 is 5.97 Å². The first-order valence-electron chi connectivity index (χ1n) is 12.2. The van der Waals surface area contributed by atoms with Gasteiger partial charge in [0.2, 0.25) is 5.55 Å². The lowest BCUT2D eigenvalue weighted by Crippen LogP contribution is -2.34. The molecule has 0 saturated heterocycles. The van der Waals surface area contributed by atoms with Crippen LogP contribution in [0.3, 0.4) is 0 Å². The zero-order valence-corrected chi connectivity index (χ0v) is 20.3. The lowest BCUT2D eigenvalue weighted by Gasteiger charge is -2.37. The quantitative estimate of drug-likeness (QED) is 0.310. The fraction of sp³-hybridized carbons (Fsp3) is 0.207. The molecule has 7 rings (SSSR count). The molecule has 0 spiro atoms. The molecule has 2 aromatic heterocycles. The third-order valence-electron chi connectivity index (χ3n) is 7.36. The molecule has 36 heavy (non-hydrogen) atoms. The second-order valence-corrected chi connectivity index (χ2v) is 10.5. The van der Waals surface area contributed by atoms with Crippen LogP contribution in [0, 0.1) is 5.41 Å². The normalized spacial score (nSPS) is 14.8. The van der Waals surface area contributed by atoms with E-state index in [1.807, 2.05) is 36.4 Å². The Kier molecular flexibility index (Phi) is 4.76. The van der Waals surface area contributed by atoms with Crippen molar-refractivity contribution in [2.45, 2.75) is 25.7 Å². The molecule has 0 bridgehead atoms. The van der Waals surface area contributed by atoms with Gasteiger partial charge in [-0.1, -0.05) is 30.3 Å². The number of carbonyl (C=O) groups is 1. The number of anilines is 1. The van der Waals surface area contributed by atoms with Gasteiger partial charge in [0, 0.05) is 35.3 Å². The van der Waals surface area contributed by atoms with Crippen molar-refractivity contribution >= 4 is 44.2 Å². The lowest BCUT2D eigenvalue weighted by molar-refractivity contribution is 0.0697. The first kappa shape index (κ1) is 21.3. The number of rotatable bonds is 3. The Labute approximate surface area is 211 Å². The van der Waals surface area contributed by atoms with E-state index in [9.17, 15) is 9.90 Å². The zero-order valence-electron chi connectivity index (χ0n) is 19.5. The summed E-state index contributed by atoms with van der Waals surface area (Å²) in [6, 6.07) is 17.1. The van der Waals surface area contributed by atoms with Gasteiger partial charge in [-0.15, -0.1) is 11.3 Å². The molecule has 2 N–H and O–H groups in total. The topological polar surface area (TPSA) is 90.4 Å². The van der Waals surface area contributed by atoms with Crippen LogP contribution < -0.4 is 10.5 Å². The minimum Gasteiger partial charge on any atom is -0.478 e. The van der Waals surface area contributed by atoms with Crippen molar-refractivity contribution in [3.63, 3.8) is 0 Å². The van der Waals surface area contributed by atoms with Crippen molar-refractivity contribution in [2.24, 2.45) is 0 Å². The van der Waals surface area contributed by atoms with Crippen LogP contribution in [0.15, 0.2) is 59.0 Å². The van der Waals surface area contributed by atoms with Gasteiger partial charge in [-0.05, 0) is 61.1 Å². The molecule has 3 aromatic carbocycles. The van der Waals surface area contributed by atoms with Crippen LogP contribution in [0.2, 0.25) is 0 Å². The third kappa shape index (κ3) is 3.12. The molecule has 0 aliphatic carbocycles. The van der Waals surface area contributed by atoms with Crippen LogP contribution in [0.25, 0.3) is 42.9 Å². The van der Waals surface area contributed by atoms with E-state index < -0.39 is 5.97 Å². The molecular weight excluding hydrogens is 470 g/mol. The highest BCUT2D eigenvalue weighted by Crippen LogP contribution is 2.45. The van der Waals surface area contributed by atoms with E-state index in [-0.39, 0.29) is 11.1 Å². The van der Waals surface area contributed by atoms with Crippen molar-refractivity contribution in [1.82, 2.24) is 4.98 Å². The molecule has 0 atom stereocenters. The fourth-order valence-electron chi connectivity index (χ4n) is 5.89. The highest BCUT2D eigenvalue weighted by Gasteiger charge is 2.30. The number of para-hydroxylation sites is 1. The first-order chi connectivity index (χ1) is 17.6. The number of aromatic carboxylic acids is 1. The molecule has 5 aromatic rings. The molecule has 0 saturated carbocycles. The predicted molar refractivity (Wildman–Crippen MR) is 142 cm³/mol. The van der Waals surface area contributed by atoms with Gasteiger partial charge in [0.25, 0.3) is 0 Å². The van der Waals surface area contributed by atoms with Gasteiger partial charge in [0.15, 0.2) is 0 Å². The Morgan fingerprint density at radius 2 is 1.81 bits per heavy atom. The van der Waals surface area contributed by atoms with Gasteiger partial charge in [-0.2, -0.15) is 0 Å². The monoisotopic (exact) mass is 493 g/mol. The Morgan fingerprint density at radius 1 is 1.03 bits per heavy atom. The van der Waals surface area contributed by atoms with E-state index in [1.165, 1.54) is 22.6 Å². The minimum absolute atomic E-state index is 0.0147. The number of thiazole rings is 1. The van der Waals surface area contributed by atoms with Crippen molar-refractivity contribution in [1.29, 1.82) is 5.41 Å². The molecule has 7 heteroatoms. The van der Waals surface area contributed by atoms with Gasteiger partial charge in [-0.3, -0.25) is 5.41 Å². The molecular formula is C29H23N3O3S. The second-order valence-electron chi connectivity index (χ2n) is 9.45. The number of hydrogen-bond donors (Lipinski definition) is 2. The van der Waals surface area contributed by atoms with Gasteiger partial charge < -0.3 is 14.4 Å². The molecule has 0 fully saturated rings. The van der Waals surface area contributed by atoms with E-state index in [0.29, 0.717) is 21.7 Å².